The first-order valence-electron chi connectivity index (χ1n) is 6.28. The lowest BCUT2D eigenvalue weighted by atomic mass is 10.0. The summed E-state index contributed by atoms with van der Waals surface area (Å²) >= 11 is 0. The lowest BCUT2D eigenvalue weighted by molar-refractivity contribution is -0.135. The average molecular weight is 241 g/mol. The zero-order chi connectivity index (χ0) is 13.0. The van der Waals surface area contributed by atoms with Crippen molar-refractivity contribution in [3.63, 3.8) is 0 Å². The first kappa shape index (κ1) is 14.0. The second-order valence-corrected chi connectivity index (χ2v) is 5.03. The van der Waals surface area contributed by atoms with E-state index >= 15 is 0 Å². The lowest BCUT2D eigenvalue weighted by Crippen LogP contribution is -2.52. The number of carbonyl (C=O) groups is 2. The summed E-state index contributed by atoms with van der Waals surface area (Å²) in [5.41, 5.74) is 5.72. The van der Waals surface area contributed by atoms with E-state index in [0.717, 1.165) is 25.9 Å². The van der Waals surface area contributed by atoms with E-state index in [0.29, 0.717) is 0 Å². The molecule has 2 amide bonds. The summed E-state index contributed by atoms with van der Waals surface area (Å²) in [7, 11) is 0. The van der Waals surface area contributed by atoms with Gasteiger partial charge in [0.25, 0.3) is 0 Å². The Hall–Kier alpha value is -1.10. The van der Waals surface area contributed by atoms with Gasteiger partial charge in [-0.3, -0.25) is 9.59 Å². The van der Waals surface area contributed by atoms with Crippen molar-refractivity contribution in [3.8, 4) is 0 Å². The van der Waals surface area contributed by atoms with E-state index in [1.54, 1.807) is 11.8 Å². The van der Waals surface area contributed by atoms with Gasteiger partial charge in [-0.2, -0.15) is 0 Å². The van der Waals surface area contributed by atoms with Crippen LogP contribution in [0.4, 0.5) is 0 Å². The van der Waals surface area contributed by atoms with Gasteiger partial charge in [0.2, 0.25) is 11.8 Å². The fraction of sp³-hybridized carbons (Fsp3) is 0.833. The van der Waals surface area contributed by atoms with Crippen LogP contribution in [0.3, 0.4) is 0 Å². The third-order valence-corrected chi connectivity index (χ3v) is 3.17. The van der Waals surface area contributed by atoms with E-state index in [1.807, 2.05) is 13.8 Å². The summed E-state index contributed by atoms with van der Waals surface area (Å²) in [5, 5.41) is 2.68. The van der Waals surface area contributed by atoms with Gasteiger partial charge in [-0.1, -0.05) is 13.8 Å². The number of rotatable bonds is 4. The Bertz CT molecular complexity index is 285. The summed E-state index contributed by atoms with van der Waals surface area (Å²) in [4.78, 5) is 25.4. The molecule has 17 heavy (non-hydrogen) atoms. The molecular weight excluding hydrogens is 218 g/mol. The molecule has 5 nitrogen and oxygen atoms in total. The van der Waals surface area contributed by atoms with Crippen LogP contribution in [0.25, 0.3) is 0 Å². The molecule has 0 spiro atoms. The van der Waals surface area contributed by atoms with Gasteiger partial charge in [0.15, 0.2) is 0 Å². The minimum atomic E-state index is -0.552. The highest BCUT2D eigenvalue weighted by molar-refractivity contribution is 5.89. The largest absolute Gasteiger partial charge is 0.343 e. The molecular formula is C12H23N3O2. The van der Waals surface area contributed by atoms with E-state index in [1.165, 1.54) is 0 Å². The van der Waals surface area contributed by atoms with Gasteiger partial charge in [0, 0.05) is 13.1 Å². The summed E-state index contributed by atoms with van der Waals surface area (Å²) in [6.07, 6.45) is 2.11. The molecule has 0 aliphatic carbocycles. The van der Waals surface area contributed by atoms with Crippen LogP contribution < -0.4 is 11.1 Å². The SMILES string of the molecule is CC(NC(=O)[C@@H](N)C(C)C)C(=O)N1CCCC1. The minimum Gasteiger partial charge on any atom is -0.343 e. The van der Waals surface area contributed by atoms with Gasteiger partial charge in [0.1, 0.15) is 6.04 Å². The molecule has 1 fully saturated rings. The van der Waals surface area contributed by atoms with E-state index in [4.69, 9.17) is 5.73 Å². The number of hydrogen-bond acceptors (Lipinski definition) is 3. The van der Waals surface area contributed by atoms with Crippen LogP contribution >= 0.6 is 0 Å². The molecule has 0 radical (unpaired) electrons. The second kappa shape index (κ2) is 6.00. The molecule has 98 valence electrons. The van der Waals surface area contributed by atoms with Gasteiger partial charge < -0.3 is 16.0 Å². The molecule has 1 aliphatic heterocycles. The maximum Gasteiger partial charge on any atom is 0.244 e. The number of carbonyl (C=O) groups excluding carboxylic acids is 2. The van der Waals surface area contributed by atoms with Gasteiger partial charge in [-0.05, 0) is 25.7 Å². The van der Waals surface area contributed by atoms with Crippen LogP contribution in [-0.4, -0.2) is 41.9 Å². The van der Waals surface area contributed by atoms with Crippen molar-refractivity contribution in [2.24, 2.45) is 11.7 Å². The molecule has 0 bridgehead atoms. The first-order chi connectivity index (χ1) is 7.93. The molecule has 3 N–H and O–H groups in total. The molecule has 1 rings (SSSR count). The van der Waals surface area contributed by atoms with Crippen LogP contribution in [0.2, 0.25) is 0 Å². The van der Waals surface area contributed by atoms with Crippen LogP contribution in [-0.2, 0) is 9.59 Å². The number of amides is 2. The maximum atomic E-state index is 11.9. The fourth-order valence-corrected chi connectivity index (χ4v) is 1.89. The van der Waals surface area contributed by atoms with E-state index in [2.05, 4.69) is 5.32 Å². The van der Waals surface area contributed by atoms with E-state index in [9.17, 15) is 9.59 Å². The topological polar surface area (TPSA) is 75.4 Å². The Balaban J connectivity index is 2.45. The normalized spacial score (nSPS) is 19.2. The van der Waals surface area contributed by atoms with Gasteiger partial charge in [-0.15, -0.1) is 0 Å². The van der Waals surface area contributed by atoms with E-state index < -0.39 is 12.1 Å². The monoisotopic (exact) mass is 241 g/mol. The third kappa shape index (κ3) is 3.70. The molecule has 0 aromatic carbocycles. The van der Waals surface area contributed by atoms with Crippen LogP contribution in [0.5, 0.6) is 0 Å². The molecule has 0 saturated carbocycles. The Morgan fingerprint density at radius 2 is 1.71 bits per heavy atom. The maximum absolute atomic E-state index is 11.9. The smallest absolute Gasteiger partial charge is 0.244 e. The quantitative estimate of drug-likeness (QED) is 0.733. The zero-order valence-corrected chi connectivity index (χ0v) is 10.9. The summed E-state index contributed by atoms with van der Waals surface area (Å²) in [6, 6.07) is -1.03. The van der Waals surface area contributed by atoms with Crippen LogP contribution in [0.1, 0.15) is 33.6 Å². The Kier molecular flexibility index (Phi) is 4.93. The standard InChI is InChI=1S/C12H23N3O2/c1-8(2)10(13)11(16)14-9(3)12(17)15-6-4-5-7-15/h8-10H,4-7,13H2,1-3H3,(H,14,16)/t9?,10-/m0/s1. The van der Waals surface area contributed by atoms with Gasteiger partial charge >= 0.3 is 0 Å². The molecule has 1 unspecified atom stereocenters. The summed E-state index contributed by atoms with van der Waals surface area (Å²) in [5.74, 6) is -0.184. The number of hydrogen-bond donors (Lipinski definition) is 2. The number of nitrogens with one attached hydrogen (secondary N) is 1. The third-order valence-electron chi connectivity index (χ3n) is 3.17. The highest BCUT2D eigenvalue weighted by Gasteiger charge is 2.26. The predicted octanol–water partition coefficient (Wildman–Crippen LogP) is 0.0968. The average Bonchev–Trinajstić information content (AvgIpc) is 2.79. The number of nitrogens with zero attached hydrogens (tertiary/aromatic N) is 1. The minimum absolute atomic E-state index is 0.00759. The number of likely N-dealkylation sites (tertiary alicyclic amines) is 1. The summed E-state index contributed by atoms with van der Waals surface area (Å²) < 4.78 is 0. The van der Waals surface area contributed by atoms with E-state index in [-0.39, 0.29) is 17.7 Å². The van der Waals surface area contributed by atoms with Crippen molar-refractivity contribution < 1.29 is 9.59 Å². The molecule has 1 saturated heterocycles. The molecule has 0 aromatic heterocycles. The second-order valence-electron chi connectivity index (χ2n) is 5.03. The zero-order valence-electron chi connectivity index (χ0n) is 10.9. The first-order valence-corrected chi connectivity index (χ1v) is 6.28. The lowest BCUT2D eigenvalue weighted by Gasteiger charge is -2.23. The molecule has 1 aliphatic rings. The molecule has 1 heterocycles. The Morgan fingerprint density at radius 3 is 2.18 bits per heavy atom. The Labute approximate surface area is 103 Å². The van der Waals surface area contributed by atoms with Gasteiger partial charge in [0.05, 0.1) is 6.04 Å². The van der Waals surface area contributed by atoms with Crippen LogP contribution in [0.15, 0.2) is 0 Å². The van der Waals surface area contributed by atoms with Crippen molar-refractivity contribution in [1.82, 2.24) is 10.2 Å². The van der Waals surface area contributed by atoms with Crippen molar-refractivity contribution in [3.05, 3.63) is 0 Å². The summed E-state index contributed by atoms with van der Waals surface area (Å²) in [6.45, 7) is 7.09. The molecule has 2 atom stereocenters. The molecule has 0 aromatic rings. The highest BCUT2D eigenvalue weighted by Crippen LogP contribution is 2.09. The van der Waals surface area contributed by atoms with Crippen molar-refractivity contribution in [2.75, 3.05) is 13.1 Å². The van der Waals surface area contributed by atoms with Gasteiger partial charge in [-0.25, -0.2) is 0 Å². The highest BCUT2D eigenvalue weighted by atomic mass is 16.2. The molecule has 5 heteroatoms. The van der Waals surface area contributed by atoms with Crippen molar-refractivity contribution in [1.29, 1.82) is 0 Å². The van der Waals surface area contributed by atoms with Crippen LogP contribution in [0, 0.1) is 5.92 Å². The fourth-order valence-electron chi connectivity index (χ4n) is 1.89. The predicted molar refractivity (Wildman–Crippen MR) is 66.2 cm³/mol. The number of nitrogens with two attached hydrogens (primary N) is 1. The Morgan fingerprint density at radius 1 is 1.18 bits per heavy atom. The van der Waals surface area contributed by atoms with Crippen molar-refractivity contribution >= 4 is 11.8 Å². The van der Waals surface area contributed by atoms with Crippen molar-refractivity contribution in [2.45, 2.75) is 45.7 Å².